The SMILES string of the molecule is NC(=S)c1cnc(CSc2ccc(Cl)cc2)s1. The van der Waals surface area contributed by atoms with Gasteiger partial charge in [0.25, 0.3) is 0 Å². The molecule has 0 radical (unpaired) electrons. The Hall–Kier alpha value is -0.620. The highest BCUT2D eigenvalue weighted by Gasteiger charge is 2.04. The van der Waals surface area contributed by atoms with E-state index in [0.29, 0.717) is 4.99 Å². The van der Waals surface area contributed by atoms with Crippen LogP contribution < -0.4 is 5.73 Å². The van der Waals surface area contributed by atoms with Crippen LogP contribution in [0.15, 0.2) is 35.4 Å². The lowest BCUT2D eigenvalue weighted by molar-refractivity contribution is 1.26. The molecule has 17 heavy (non-hydrogen) atoms. The standard InChI is InChI=1S/C11H9ClN2S3/c12-7-1-3-8(4-2-7)16-6-10-14-5-9(17-10)11(13)15/h1-5H,6H2,(H2,13,15). The summed E-state index contributed by atoms with van der Waals surface area (Å²) in [6.45, 7) is 0. The monoisotopic (exact) mass is 300 g/mol. The van der Waals surface area contributed by atoms with E-state index >= 15 is 0 Å². The first-order valence-corrected chi connectivity index (χ1v) is 7.37. The molecule has 0 aliphatic heterocycles. The van der Waals surface area contributed by atoms with Crippen molar-refractivity contribution in [1.82, 2.24) is 4.98 Å². The number of thiazole rings is 1. The minimum absolute atomic E-state index is 0.408. The molecule has 0 atom stereocenters. The van der Waals surface area contributed by atoms with E-state index in [0.717, 1.165) is 20.7 Å². The van der Waals surface area contributed by atoms with E-state index in [9.17, 15) is 0 Å². The van der Waals surface area contributed by atoms with Crippen LogP contribution in [-0.4, -0.2) is 9.97 Å². The molecule has 0 spiro atoms. The van der Waals surface area contributed by atoms with Crippen LogP contribution in [0.2, 0.25) is 5.02 Å². The molecule has 2 nitrogen and oxygen atoms in total. The molecule has 0 fully saturated rings. The molecule has 0 bridgehead atoms. The second kappa shape index (κ2) is 5.82. The van der Waals surface area contributed by atoms with Gasteiger partial charge in [-0.1, -0.05) is 23.8 Å². The summed E-state index contributed by atoms with van der Waals surface area (Å²) in [6, 6.07) is 7.75. The van der Waals surface area contributed by atoms with Crippen LogP contribution in [0, 0.1) is 0 Å². The number of thioether (sulfide) groups is 1. The van der Waals surface area contributed by atoms with E-state index in [-0.39, 0.29) is 0 Å². The molecule has 1 aromatic carbocycles. The highest BCUT2D eigenvalue weighted by atomic mass is 35.5. The van der Waals surface area contributed by atoms with Crippen molar-refractivity contribution in [3.63, 3.8) is 0 Å². The van der Waals surface area contributed by atoms with Crippen molar-refractivity contribution in [3.05, 3.63) is 45.4 Å². The number of nitrogens with zero attached hydrogens (tertiary/aromatic N) is 1. The maximum absolute atomic E-state index is 5.82. The molecular weight excluding hydrogens is 292 g/mol. The van der Waals surface area contributed by atoms with Crippen molar-refractivity contribution in [2.24, 2.45) is 5.73 Å². The zero-order valence-electron chi connectivity index (χ0n) is 8.72. The Morgan fingerprint density at radius 1 is 1.41 bits per heavy atom. The van der Waals surface area contributed by atoms with Gasteiger partial charge in [0.15, 0.2) is 0 Å². The predicted molar refractivity (Wildman–Crippen MR) is 79.0 cm³/mol. The summed E-state index contributed by atoms with van der Waals surface area (Å²) in [5.74, 6) is 0.814. The number of aromatic nitrogens is 1. The fourth-order valence-electron chi connectivity index (χ4n) is 1.17. The second-order valence-corrected chi connectivity index (χ2v) is 6.27. The van der Waals surface area contributed by atoms with Gasteiger partial charge in [0.1, 0.15) is 10.00 Å². The Morgan fingerprint density at radius 2 is 2.12 bits per heavy atom. The molecule has 1 aromatic heterocycles. The molecule has 88 valence electrons. The highest BCUT2D eigenvalue weighted by molar-refractivity contribution is 7.98. The largest absolute Gasteiger partial charge is 0.389 e. The summed E-state index contributed by atoms with van der Waals surface area (Å²) in [4.78, 5) is 6.72. The maximum Gasteiger partial charge on any atom is 0.115 e. The van der Waals surface area contributed by atoms with Crippen molar-refractivity contribution < 1.29 is 0 Å². The van der Waals surface area contributed by atoms with Gasteiger partial charge in [0.05, 0.1) is 10.6 Å². The van der Waals surface area contributed by atoms with Crippen molar-refractivity contribution in [1.29, 1.82) is 0 Å². The number of thiocarbonyl (C=S) groups is 1. The van der Waals surface area contributed by atoms with Gasteiger partial charge in [-0.2, -0.15) is 0 Å². The summed E-state index contributed by atoms with van der Waals surface area (Å²) in [6.07, 6.45) is 1.73. The average Bonchev–Trinajstić information content (AvgIpc) is 2.77. The topological polar surface area (TPSA) is 38.9 Å². The van der Waals surface area contributed by atoms with Crippen LogP contribution >= 0.6 is 46.9 Å². The van der Waals surface area contributed by atoms with E-state index in [4.69, 9.17) is 29.6 Å². The molecule has 2 aromatic rings. The van der Waals surface area contributed by atoms with E-state index in [1.54, 1.807) is 18.0 Å². The Morgan fingerprint density at radius 3 is 2.71 bits per heavy atom. The predicted octanol–water partition coefficient (Wildman–Crippen LogP) is 3.72. The number of hydrogen-bond acceptors (Lipinski definition) is 4. The Balaban J connectivity index is 1.97. The molecule has 2 rings (SSSR count). The van der Waals surface area contributed by atoms with Crippen molar-refractivity contribution in [2.75, 3.05) is 0 Å². The van der Waals surface area contributed by atoms with Gasteiger partial charge in [-0.15, -0.1) is 23.1 Å². The van der Waals surface area contributed by atoms with Gasteiger partial charge in [-0.25, -0.2) is 4.98 Å². The summed E-state index contributed by atoms with van der Waals surface area (Å²) in [5.41, 5.74) is 5.53. The number of rotatable bonds is 4. The van der Waals surface area contributed by atoms with Gasteiger partial charge < -0.3 is 5.73 Å². The van der Waals surface area contributed by atoms with Gasteiger partial charge in [-0.3, -0.25) is 0 Å². The first-order valence-electron chi connectivity index (χ1n) is 4.78. The molecule has 0 aliphatic carbocycles. The van der Waals surface area contributed by atoms with Gasteiger partial charge in [-0.05, 0) is 24.3 Å². The fraction of sp³-hybridized carbons (Fsp3) is 0.0909. The molecule has 0 saturated carbocycles. The van der Waals surface area contributed by atoms with E-state index in [1.807, 2.05) is 24.3 Å². The zero-order chi connectivity index (χ0) is 12.3. The molecule has 2 N–H and O–H groups in total. The van der Waals surface area contributed by atoms with Crippen LogP contribution in [0.25, 0.3) is 0 Å². The highest BCUT2D eigenvalue weighted by Crippen LogP contribution is 2.26. The van der Waals surface area contributed by atoms with Crippen LogP contribution in [0.1, 0.15) is 9.88 Å². The van der Waals surface area contributed by atoms with Crippen LogP contribution in [0.4, 0.5) is 0 Å². The smallest absolute Gasteiger partial charge is 0.115 e. The second-order valence-electron chi connectivity index (χ2n) is 3.23. The third-order valence-electron chi connectivity index (χ3n) is 1.97. The van der Waals surface area contributed by atoms with Crippen molar-refractivity contribution >= 4 is 51.9 Å². The molecule has 0 amide bonds. The quantitative estimate of drug-likeness (QED) is 0.690. The number of nitrogens with two attached hydrogens (primary N) is 1. The minimum atomic E-state index is 0.408. The first kappa shape index (κ1) is 12.8. The minimum Gasteiger partial charge on any atom is -0.389 e. The van der Waals surface area contributed by atoms with E-state index < -0.39 is 0 Å². The molecule has 1 heterocycles. The Labute approximate surface area is 118 Å². The van der Waals surface area contributed by atoms with E-state index in [2.05, 4.69) is 4.98 Å². The first-order chi connectivity index (χ1) is 8.15. The lowest BCUT2D eigenvalue weighted by atomic mass is 10.4. The molecule has 6 heteroatoms. The van der Waals surface area contributed by atoms with Gasteiger partial charge in [0.2, 0.25) is 0 Å². The number of hydrogen-bond donors (Lipinski definition) is 1. The summed E-state index contributed by atoms with van der Waals surface area (Å²) >= 11 is 14.0. The Kier molecular flexibility index (Phi) is 4.39. The molecular formula is C11H9ClN2S3. The number of halogens is 1. The summed E-state index contributed by atoms with van der Waals surface area (Å²) < 4.78 is 0. The lowest BCUT2D eigenvalue weighted by Crippen LogP contribution is -2.06. The van der Waals surface area contributed by atoms with Crippen LogP contribution in [0.5, 0.6) is 0 Å². The van der Waals surface area contributed by atoms with E-state index in [1.165, 1.54) is 16.2 Å². The maximum atomic E-state index is 5.82. The zero-order valence-corrected chi connectivity index (χ0v) is 11.9. The summed E-state index contributed by atoms with van der Waals surface area (Å²) in [5, 5.41) is 1.77. The van der Waals surface area contributed by atoms with Crippen molar-refractivity contribution in [3.8, 4) is 0 Å². The van der Waals surface area contributed by atoms with Crippen LogP contribution in [0.3, 0.4) is 0 Å². The normalized spacial score (nSPS) is 10.4. The lowest BCUT2D eigenvalue weighted by Gasteiger charge is -1.98. The summed E-state index contributed by atoms with van der Waals surface area (Å²) in [7, 11) is 0. The van der Waals surface area contributed by atoms with Crippen molar-refractivity contribution in [2.45, 2.75) is 10.6 Å². The fourth-order valence-corrected chi connectivity index (χ4v) is 3.14. The molecule has 0 unspecified atom stereocenters. The Bertz CT molecular complexity index is 522. The third-order valence-corrected chi connectivity index (χ3v) is 4.81. The van der Waals surface area contributed by atoms with Gasteiger partial charge in [0, 0.05) is 16.1 Å². The average molecular weight is 301 g/mol. The van der Waals surface area contributed by atoms with Crippen LogP contribution in [-0.2, 0) is 5.75 Å². The molecule has 0 aliphatic rings. The molecule has 0 saturated heterocycles. The number of benzene rings is 1. The van der Waals surface area contributed by atoms with Gasteiger partial charge >= 0.3 is 0 Å². The third kappa shape index (κ3) is 3.67.